The van der Waals surface area contributed by atoms with Crippen LogP contribution in [-0.2, 0) is 6.42 Å². The molecular formula is C24H14N4. The molecule has 7 rings (SSSR count). The van der Waals surface area contributed by atoms with Crippen molar-refractivity contribution in [1.29, 1.82) is 0 Å². The topological polar surface area (TPSA) is 43.1 Å². The molecular weight excluding hydrogens is 344 g/mol. The standard InChI is InChI=1S/C24H14N4/c1-2-5-16-14(4-1)12-15-7-8-19-23(21(15)16)28-20-9-11-25-13-18(20)22-17(24(28)27-19)6-3-10-26-22/h1-11,13H,12H2. The minimum absolute atomic E-state index is 0.949. The third kappa shape index (κ3) is 1.63. The van der Waals surface area contributed by atoms with E-state index in [-0.39, 0.29) is 0 Å². The summed E-state index contributed by atoms with van der Waals surface area (Å²) in [6, 6.07) is 19.2. The number of fused-ring (bicyclic) bond motifs is 12. The zero-order valence-corrected chi connectivity index (χ0v) is 14.9. The Morgan fingerprint density at radius 2 is 1.79 bits per heavy atom. The van der Waals surface area contributed by atoms with Crippen molar-refractivity contribution < 1.29 is 0 Å². The van der Waals surface area contributed by atoms with Crippen molar-refractivity contribution in [2.24, 2.45) is 0 Å². The van der Waals surface area contributed by atoms with Gasteiger partial charge in [-0.3, -0.25) is 14.4 Å². The second-order valence-corrected chi connectivity index (χ2v) is 7.36. The highest BCUT2D eigenvalue weighted by molar-refractivity contribution is 6.13. The molecule has 4 heterocycles. The molecule has 0 spiro atoms. The van der Waals surface area contributed by atoms with E-state index in [9.17, 15) is 0 Å². The molecule has 0 aliphatic heterocycles. The summed E-state index contributed by atoms with van der Waals surface area (Å²) in [5.74, 6) is 0. The van der Waals surface area contributed by atoms with Crippen LogP contribution in [0.1, 0.15) is 11.1 Å². The lowest BCUT2D eigenvalue weighted by Gasteiger charge is -2.09. The van der Waals surface area contributed by atoms with Gasteiger partial charge in [0, 0.05) is 34.9 Å². The van der Waals surface area contributed by atoms with Crippen LogP contribution in [0.15, 0.2) is 73.2 Å². The van der Waals surface area contributed by atoms with E-state index in [2.05, 4.69) is 62.9 Å². The molecule has 0 N–H and O–H groups in total. The summed E-state index contributed by atoms with van der Waals surface area (Å²) < 4.78 is 2.30. The Kier molecular flexibility index (Phi) is 2.51. The molecule has 1 aliphatic carbocycles. The number of nitrogens with zero attached hydrogens (tertiary/aromatic N) is 4. The summed E-state index contributed by atoms with van der Waals surface area (Å²) in [5, 5.41) is 2.10. The molecule has 0 saturated carbocycles. The van der Waals surface area contributed by atoms with Crippen LogP contribution in [0.2, 0.25) is 0 Å². The van der Waals surface area contributed by atoms with Crippen molar-refractivity contribution in [2.75, 3.05) is 0 Å². The smallest absolute Gasteiger partial charge is 0.147 e. The first kappa shape index (κ1) is 14.3. The van der Waals surface area contributed by atoms with Gasteiger partial charge in [-0.1, -0.05) is 30.3 Å². The van der Waals surface area contributed by atoms with Crippen LogP contribution in [0.5, 0.6) is 0 Å². The lowest BCUT2D eigenvalue weighted by Crippen LogP contribution is -1.94. The van der Waals surface area contributed by atoms with Gasteiger partial charge in [0.15, 0.2) is 0 Å². The van der Waals surface area contributed by atoms with Gasteiger partial charge in [-0.25, -0.2) is 4.98 Å². The van der Waals surface area contributed by atoms with Gasteiger partial charge in [0.1, 0.15) is 5.65 Å². The molecule has 0 amide bonds. The van der Waals surface area contributed by atoms with E-state index in [1.165, 1.54) is 27.8 Å². The van der Waals surface area contributed by atoms with Crippen molar-refractivity contribution in [1.82, 2.24) is 19.4 Å². The lowest BCUT2D eigenvalue weighted by atomic mass is 10.0. The molecule has 0 atom stereocenters. The Labute approximate surface area is 160 Å². The molecule has 130 valence electrons. The van der Waals surface area contributed by atoms with Gasteiger partial charge in [-0.2, -0.15) is 0 Å². The van der Waals surface area contributed by atoms with Gasteiger partial charge in [0.2, 0.25) is 0 Å². The van der Waals surface area contributed by atoms with Gasteiger partial charge in [0.25, 0.3) is 0 Å². The summed E-state index contributed by atoms with van der Waals surface area (Å²) in [5.41, 5.74) is 10.6. The predicted molar refractivity (Wildman–Crippen MR) is 112 cm³/mol. The van der Waals surface area contributed by atoms with E-state index >= 15 is 0 Å². The molecule has 4 nitrogen and oxygen atoms in total. The minimum Gasteiger partial charge on any atom is -0.291 e. The normalized spacial score (nSPS) is 12.9. The molecule has 0 bridgehead atoms. The van der Waals surface area contributed by atoms with Crippen LogP contribution in [-0.4, -0.2) is 19.4 Å². The summed E-state index contributed by atoms with van der Waals surface area (Å²) in [6.07, 6.45) is 6.57. The van der Waals surface area contributed by atoms with Crippen LogP contribution in [0, 0.1) is 0 Å². The third-order valence-electron chi connectivity index (χ3n) is 5.91. The number of hydrogen-bond donors (Lipinski definition) is 0. The lowest BCUT2D eigenvalue weighted by molar-refractivity contribution is 1.26. The van der Waals surface area contributed by atoms with Crippen LogP contribution in [0.4, 0.5) is 0 Å². The Hall–Kier alpha value is -3.79. The number of aromatic nitrogens is 4. The molecule has 4 heteroatoms. The maximum atomic E-state index is 5.05. The number of pyridine rings is 3. The number of benzene rings is 2. The highest BCUT2D eigenvalue weighted by Crippen LogP contribution is 2.42. The zero-order chi connectivity index (χ0) is 18.2. The van der Waals surface area contributed by atoms with Crippen LogP contribution < -0.4 is 0 Å². The molecule has 0 radical (unpaired) electrons. The number of hydrogen-bond acceptors (Lipinski definition) is 3. The molecule has 2 aromatic carbocycles. The minimum atomic E-state index is 0.949. The molecule has 4 aromatic heterocycles. The predicted octanol–water partition coefficient (Wildman–Crippen LogP) is 5.16. The van der Waals surface area contributed by atoms with Gasteiger partial charge in [0.05, 0.1) is 22.1 Å². The summed E-state index contributed by atoms with van der Waals surface area (Å²) in [7, 11) is 0. The van der Waals surface area contributed by atoms with Crippen molar-refractivity contribution in [3.05, 3.63) is 84.3 Å². The third-order valence-corrected chi connectivity index (χ3v) is 5.91. The summed E-state index contributed by atoms with van der Waals surface area (Å²) in [4.78, 5) is 14.1. The van der Waals surface area contributed by atoms with E-state index < -0.39 is 0 Å². The van der Waals surface area contributed by atoms with E-state index in [4.69, 9.17) is 4.98 Å². The van der Waals surface area contributed by atoms with Gasteiger partial charge in [-0.05, 0) is 47.4 Å². The maximum Gasteiger partial charge on any atom is 0.147 e. The van der Waals surface area contributed by atoms with E-state index in [0.29, 0.717) is 0 Å². The van der Waals surface area contributed by atoms with Crippen LogP contribution >= 0.6 is 0 Å². The molecule has 0 fully saturated rings. The van der Waals surface area contributed by atoms with E-state index in [0.717, 1.165) is 39.4 Å². The monoisotopic (exact) mass is 358 g/mol. The van der Waals surface area contributed by atoms with E-state index in [1.807, 2.05) is 24.7 Å². The fraction of sp³-hybridized carbons (Fsp3) is 0.0417. The van der Waals surface area contributed by atoms with Gasteiger partial charge >= 0.3 is 0 Å². The average Bonchev–Trinajstić information content (AvgIpc) is 3.32. The fourth-order valence-electron chi connectivity index (χ4n) is 4.76. The SMILES string of the molecule is c1ccc2c(c1)Cc1ccc3nc4c5cccnc5c5cnccc5n4c3c1-2. The fourth-order valence-corrected chi connectivity index (χ4v) is 4.76. The maximum absolute atomic E-state index is 5.05. The molecule has 0 saturated heterocycles. The zero-order valence-electron chi connectivity index (χ0n) is 14.9. The van der Waals surface area contributed by atoms with Crippen LogP contribution in [0.3, 0.4) is 0 Å². The quantitative estimate of drug-likeness (QED) is 0.352. The first-order valence-electron chi connectivity index (χ1n) is 9.43. The second-order valence-electron chi connectivity index (χ2n) is 7.36. The molecule has 1 aliphatic rings. The highest BCUT2D eigenvalue weighted by Gasteiger charge is 2.24. The van der Waals surface area contributed by atoms with Crippen LogP contribution in [0.25, 0.3) is 49.6 Å². The Bertz CT molecular complexity index is 1590. The van der Waals surface area contributed by atoms with Gasteiger partial charge in [-0.15, -0.1) is 0 Å². The van der Waals surface area contributed by atoms with Crippen molar-refractivity contribution in [3.63, 3.8) is 0 Å². The Morgan fingerprint density at radius 1 is 0.821 bits per heavy atom. The molecule has 28 heavy (non-hydrogen) atoms. The summed E-state index contributed by atoms with van der Waals surface area (Å²) in [6.45, 7) is 0. The largest absolute Gasteiger partial charge is 0.291 e. The number of imidazole rings is 1. The molecule has 6 aromatic rings. The van der Waals surface area contributed by atoms with E-state index in [1.54, 1.807) is 0 Å². The average molecular weight is 358 g/mol. The highest BCUT2D eigenvalue weighted by atomic mass is 15.0. The first-order valence-corrected chi connectivity index (χ1v) is 9.43. The first-order chi connectivity index (χ1) is 13.9. The molecule has 0 unspecified atom stereocenters. The number of rotatable bonds is 0. The van der Waals surface area contributed by atoms with Gasteiger partial charge < -0.3 is 0 Å². The van der Waals surface area contributed by atoms with Crippen molar-refractivity contribution >= 4 is 38.5 Å². The van der Waals surface area contributed by atoms with Crippen molar-refractivity contribution in [3.8, 4) is 11.1 Å². The second kappa shape index (κ2) is 4.93. The Balaban J connectivity index is 1.82. The van der Waals surface area contributed by atoms with Crippen molar-refractivity contribution in [2.45, 2.75) is 6.42 Å². The summed E-state index contributed by atoms with van der Waals surface area (Å²) >= 11 is 0. The Morgan fingerprint density at radius 3 is 2.79 bits per heavy atom.